The molecule has 3 rings (SSSR count). The van der Waals surface area contributed by atoms with E-state index in [0.717, 1.165) is 70.6 Å². The fraction of sp³-hybridized carbons (Fsp3) is 0.883. The summed E-state index contributed by atoms with van der Waals surface area (Å²) < 4.78 is 34.4. The van der Waals surface area contributed by atoms with E-state index in [-0.39, 0.29) is 18.9 Å². The minimum Gasteiger partial charge on any atom is -0.394 e. The number of hydrogen-bond acceptors (Lipinski definition) is 18. The highest BCUT2D eigenvalue weighted by Crippen LogP contribution is 2.33. The smallest absolute Gasteiger partial charge is 0.220 e. The molecule has 0 radical (unpaired) electrons. The average molecular weight is 1370 g/mol. The van der Waals surface area contributed by atoms with Gasteiger partial charge in [0.1, 0.15) is 73.2 Å². The van der Waals surface area contributed by atoms with Gasteiger partial charge in [-0.2, -0.15) is 0 Å². The normalized spacial score (nSPS) is 27.3. The quantitative estimate of drug-likeness (QED) is 0.0199. The highest BCUT2D eigenvalue weighted by molar-refractivity contribution is 5.76. The van der Waals surface area contributed by atoms with Crippen molar-refractivity contribution in [2.45, 2.75) is 407 Å². The summed E-state index contributed by atoms with van der Waals surface area (Å²) in [4.78, 5) is 13.4. The van der Waals surface area contributed by atoms with E-state index in [1.165, 1.54) is 199 Å². The van der Waals surface area contributed by atoms with Gasteiger partial charge in [-0.25, -0.2) is 0 Å². The van der Waals surface area contributed by atoms with Gasteiger partial charge in [0, 0.05) is 6.42 Å². The first kappa shape index (κ1) is 88.0. The maximum Gasteiger partial charge on any atom is 0.220 e. The third kappa shape index (κ3) is 38.7. The third-order valence-corrected chi connectivity index (χ3v) is 19.4. The molecule has 0 aliphatic carbocycles. The molecule has 0 aromatic heterocycles. The van der Waals surface area contributed by atoms with E-state index in [0.29, 0.717) is 12.8 Å². The summed E-state index contributed by atoms with van der Waals surface area (Å²) in [6.07, 6.45) is 45.5. The predicted molar refractivity (Wildman–Crippen MR) is 379 cm³/mol. The molecule has 562 valence electrons. The number of ether oxygens (including phenoxy) is 6. The number of aliphatic hydroxyl groups is 11. The molecule has 12 N–H and O–H groups in total. The Morgan fingerprint density at radius 1 is 0.385 bits per heavy atom. The van der Waals surface area contributed by atoms with Crippen molar-refractivity contribution in [3.63, 3.8) is 0 Å². The van der Waals surface area contributed by atoms with Crippen LogP contribution < -0.4 is 5.32 Å². The van der Waals surface area contributed by atoms with Gasteiger partial charge in [0.15, 0.2) is 18.9 Å². The molecular formula is C77H141NO18. The Labute approximate surface area is 580 Å². The molecule has 3 heterocycles. The molecule has 3 fully saturated rings. The second-order valence-electron chi connectivity index (χ2n) is 27.8. The Morgan fingerprint density at radius 2 is 0.719 bits per heavy atom. The number of carbonyl (C=O) groups is 1. The molecule has 19 nitrogen and oxygen atoms in total. The number of nitrogens with one attached hydrogen (secondary N) is 1. The summed E-state index contributed by atoms with van der Waals surface area (Å²) in [7, 11) is 0. The first-order chi connectivity index (χ1) is 46.8. The van der Waals surface area contributed by atoms with Crippen LogP contribution in [0.4, 0.5) is 0 Å². The number of amides is 1. The molecule has 0 bridgehead atoms. The molecule has 3 aliphatic heterocycles. The zero-order chi connectivity index (χ0) is 69.6. The summed E-state index contributed by atoms with van der Waals surface area (Å²) in [6.45, 7) is 1.68. The summed E-state index contributed by atoms with van der Waals surface area (Å²) in [5.41, 5.74) is 0. The molecule has 17 atom stereocenters. The average Bonchev–Trinajstić information content (AvgIpc) is 0.849. The van der Waals surface area contributed by atoms with Gasteiger partial charge in [-0.1, -0.05) is 294 Å². The Bertz CT molecular complexity index is 1930. The number of unbranched alkanes of at least 4 members (excludes halogenated alkanes) is 37. The van der Waals surface area contributed by atoms with E-state index in [9.17, 15) is 61.0 Å². The predicted octanol–water partition coefficient (Wildman–Crippen LogP) is 12.1. The van der Waals surface area contributed by atoms with Crippen LogP contribution in [-0.4, -0.2) is 193 Å². The van der Waals surface area contributed by atoms with Crippen molar-refractivity contribution in [1.29, 1.82) is 0 Å². The number of rotatable bonds is 61. The molecule has 1 amide bonds. The molecule has 0 spiro atoms. The minimum atomic E-state index is -1.97. The first-order valence-corrected chi connectivity index (χ1v) is 38.9. The van der Waals surface area contributed by atoms with Gasteiger partial charge in [-0.05, 0) is 51.4 Å². The van der Waals surface area contributed by atoms with Crippen molar-refractivity contribution < 1.29 is 89.4 Å². The van der Waals surface area contributed by atoms with Gasteiger partial charge >= 0.3 is 0 Å². The first-order valence-electron chi connectivity index (χ1n) is 38.9. The second kappa shape index (κ2) is 58.3. The van der Waals surface area contributed by atoms with Crippen molar-refractivity contribution >= 4 is 5.91 Å². The lowest BCUT2D eigenvalue weighted by atomic mass is 9.96. The Kier molecular flexibility index (Phi) is 53.4. The van der Waals surface area contributed by atoms with Crippen molar-refractivity contribution in [2.75, 3.05) is 26.4 Å². The van der Waals surface area contributed by atoms with Gasteiger partial charge in [-0.15, -0.1) is 0 Å². The fourth-order valence-corrected chi connectivity index (χ4v) is 13.2. The van der Waals surface area contributed by atoms with E-state index in [1.807, 2.05) is 0 Å². The van der Waals surface area contributed by atoms with Crippen LogP contribution in [0, 0.1) is 0 Å². The Balaban J connectivity index is 1.24. The molecule has 0 aromatic rings. The maximum atomic E-state index is 13.4. The van der Waals surface area contributed by atoms with Gasteiger partial charge in [0.2, 0.25) is 5.91 Å². The monoisotopic (exact) mass is 1370 g/mol. The molecule has 0 saturated carbocycles. The van der Waals surface area contributed by atoms with E-state index in [4.69, 9.17) is 28.4 Å². The van der Waals surface area contributed by atoms with Gasteiger partial charge < -0.3 is 89.9 Å². The Morgan fingerprint density at radius 3 is 1.12 bits per heavy atom. The lowest BCUT2D eigenvalue weighted by Gasteiger charge is -2.48. The maximum absolute atomic E-state index is 13.4. The molecule has 96 heavy (non-hydrogen) atoms. The van der Waals surface area contributed by atoms with Gasteiger partial charge in [-0.3, -0.25) is 4.79 Å². The van der Waals surface area contributed by atoms with E-state index in [2.05, 4.69) is 67.8 Å². The molecule has 3 aliphatic rings. The molecule has 3 saturated heterocycles. The summed E-state index contributed by atoms with van der Waals surface area (Å²) in [6, 6.07) is -0.883. The van der Waals surface area contributed by atoms with Crippen LogP contribution >= 0.6 is 0 Å². The lowest BCUT2D eigenvalue weighted by molar-refractivity contribution is -0.379. The van der Waals surface area contributed by atoms with E-state index >= 15 is 0 Å². The highest BCUT2D eigenvalue weighted by atomic mass is 16.8. The number of carbonyl (C=O) groups excluding carboxylic acids is 1. The van der Waals surface area contributed by atoms with Crippen LogP contribution in [0.2, 0.25) is 0 Å². The van der Waals surface area contributed by atoms with Crippen molar-refractivity contribution in [2.24, 2.45) is 0 Å². The zero-order valence-corrected chi connectivity index (χ0v) is 59.9. The van der Waals surface area contributed by atoms with Crippen LogP contribution in [0.3, 0.4) is 0 Å². The number of hydrogen-bond donors (Lipinski definition) is 12. The number of aliphatic hydroxyl groups excluding tert-OH is 11. The van der Waals surface area contributed by atoms with E-state index in [1.54, 1.807) is 0 Å². The van der Waals surface area contributed by atoms with Crippen LogP contribution in [0.15, 0.2) is 48.6 Å². The Hall–Kier alpha value is -2.25. The van der Waals surface area contributed by atoms with Gasteiger partial charge in [0.05, 0.1) is 38.6 Å². The standard InChI is InChI=1S/C77H141NO18/c1-3-5-7-9-11-13-15-16-17-18-19-20-21-22-23-24-25-26-27-28-29-30-31-32-33-34-35-36-37-38-39-40-41-42-43-44-45-47-49-51-53-55-65(83)78-60(61(82)54-52-50-48-46-14-12-10-8-6-4-2)59-91-75-71(89)68(86)73(63(57-80)93-75)96-77-72(90)69(87)74(64(58-81)94-77)95-76-70(88)67(85)66(84)62(56-79)92-76/h5,7,11,13,16-17,19-20,60-64,66-77,79-82,84-90H,3-4,6,8-10,12,14-15,18,21-59H2,1-2H3,(H,78,83)/b7-5-,13-11-,17-16-,20-19-. The van der Waals surface area contributed by atoms with E-state index < -0.39 is 124 Å². The SMILES string of the molecule is CC/C=C\C/C=C\C/C=C\C/C=C\CCCCCCCCCCCCCCCCCCCCCCCCCCCCCCC(=O)NC(COC1OC(CO)C(OC2OC(CO)C(OC3OC(CO)C(O)C(O)C3O)C(O)C2O)C(O)C1O)C(O)CCCCCCCCCCCC. The largest absolute Gasteiger partial charge is 0.394 e. The number of allylic oxidation sites excluding steroid dienone is 8. The van der Waals surface area contributed by atoms with Crippen molar-refractivity contribution in [1.82, 2.24) is 5.32 Å². The van der Waals surface area contributed by atoms with Crippen LogP contribution in [0.1, 0.15) is 303 Å². The topological polar surface area (TPSA) is 307 Å². The zero-order valence-electron chi connectivity index (χ0n) is 59.9. The molecule has 0 aromatic carbocycles. The van der Waals surface area contributed by atoms with Crippen molar-refractivity contribution in [3.8, 4) is 0 Å². The highest BCUT2D eigenvalue weighted by Gasteiger charge is 2.54. The summed E-state index contributed by atoms with van der Waals surface area (Å²) in [5.74, 6) is -0.240. The lowest BCUT2D eigenvalue weighted by Crippen LogP contribution is -2.66. The second-order valence-corrected chi connectivity index (χ2v) is 27.8. The van der Waals surface area contributed by atoms with Crippen LogP contribution in [0.25, 0.3) is 0 Å². The molecule has 17 unspecified atom stereocenters. The van der Waals surface area contributed by atoms with Crippen LogP contribution in [-0.2, 0) is 33.2 Å². The third-order valence-electron chi connectivity index (χ3n) is 19.4. The molecule has 19 heteroatoms. The van der Waals surface area contributed by atoms with Gasteiger partial charge in [0.25, 0.3) is 0 Å². The summed E-state index contributed by atoms with van der Waals surface area (Å²) >= 11 is 0. The summed E-state index contributed by atoms with van der Waals surface area (Å²) in [5, 5.41) is 121. The van der Waals surface area contributed by atoms with Crippen LogP contribution in [0.5, 0.6) is 0 Å². The minimum absolute atomic E-state index is 0.240. The van der Waals surface area contributed by atoms with Crippen molar-refractivity contribution in [3.05, 3.63) is 48.6 Å². The molecular weight excluding hydrogens is 1230 g/mol. The fourth-order valence-electron chi connectivity index (χ4n) is 13.2.